The average molecular weight is 507 g/mol. The van der Waals surface area contributed by atoms with Crippen molar-refractivity contribution in [1.29, 1.82) is 0 Å². The zero-order valence-corrected chi connectivity index (χ0v) is 20.4. The summed E-state index contributed by atoms with van der Waals surface area (Å²) >= 11 is 3.50. The predicted octanol–water partition coefficient (Wildman–Crippen LogP) is 4.14. The number of halogens is 1. The van der Waals surface area contributed by atoms with Gasteiger partial charge in [-0.1, -0.05) is 15.9 Å². The van der Waals surface area contributed by atoms with Crippen molar-refractivity contribution < 1.29 is 17.9 Å². The Hall–Kier alpha value is -1.90. The summed E-state index contributed by atoms with van der Waals surface area (Å²) in [4.78, 5) is 15.6. The molecule has 0 saturated carbocycles. The monoisotopic (exact) mass is 506 g/mol. The van der Waals surface area contributed by atoms with Gasteiger partial charge in [-0.2, -0.15) is 4.31 Å². The fraction of sp³-hybridized carbons (Fsp3) is 0.435. The molecule has 0 radical (unpaired) electrons. The van der Waals surface area contributed by atoms with E-state index in [2.05, 4.69) is 22.0 Å². The van der Waals surface area contributed by atoms with Gasteiger partial charge in [-0.25, -0.2) is 8.42 Å². The summed E-state index contributed by atoms with van der Waals surface area (Å²) in [5, 5.41) is 0. The quantitative estimate of drug-likeness (QED) is 0.624. The van der Waals surface area contributed by atoms with Crippen LogP contribution in [0.5, 0.6) is 5.75 Å². The lowest BCUT2D eigenvalue weighted by Crippen LogP contribution is -2.48. The van der Waals surface area contributed by atoms with Gasteiger partial charge in [0, 0.05) is 29.3 Å². The number of nitrogens with zero attached hydrogens (tertiary/aromatic N) is 2. The second-order valence-corrected chi connectivity index (χ2v) is 11.2. The fourth-order valence-electron chi connectivity index (χ4n) is 4.65. The lowest BCUT2D eigenvalue weighted by Gasteiger charge is -2.34. The standard InChI is InChI=1S/C23H27BrN2O4S/c1-15-11-20(7-9-22(15)30-3)31(28,29)25-10-4-5-17(14-25)23(27)26-16(2)12-18-13-19(24)6-8-21(18)26/h6-9,11,13,16-17H,4-5,10,12,14H2,1-3H3/t16-,17+/m1/s1. The number of amides is 1. The van der Waals surface area contributed by atoms with Crippen LogP contribution in [0, 0.1) is 12.8 Å². The highest BCUT2D eigenvalue weighted by Crippen LogP contribution is 2.36. The number of hydrogen-bond donors (Lipinski definition) is 0. The van der Waals surface area contributed by atoms with Crippen LogP contribution in [0.4, 0.5) is 5.69 Å². The number of fused-ring (bicyclic) bond motifs is 1. The first kappa shape index (κ1) is 22.3. The molecule has 0 spiro atoms. The minimum atomic E-state index is -3.68. The first-order valence-corrected chi connectivity index (χ1v) is 12.7. The molecule has 2 aromatic carbocycles. The Kier molecular flexibility index (Phi) is 6.16. The highest BCUT2D eigenvalue weighted by atomic mass is 79.9. The van der Waals surface area contributed by atoms with E-state index in [-0.39, 0.29) is 29.3 Å². The minimum absolute atomic E-state index is 0.0133. The SMILES string of the molecule is COc1ccc(S(=O)(=O)N2CCC[C@H](C(=O)N3c4ccc(Br)cc4C[C@H]3C)C2)cc1C. The molecule has 0 bridgehead atoms. The molecule has 2 aliphatic heterocycles. The number of sulfonamides is 1. The molecule has 2 heterocycles. The highest BCUT2D eigenvalue weighted by molar-refractivity contribution is 9.10. The molecule has 1 fully saturated rings. The van der Waals surface area contributed by atoms with Crippen LogP contribution in [-0.4, -0.2) is 44.9 Å². The van der Waals surface area contributed by atoms with Crippen LogP contribution < -0.4 is 9.64 Å². The highest BCUT2D eigenvalue weighted by Gasteiger charge is 2.39. The second kappa shape index (κ2) is 8.56. The number of ether oxygens (including phenoxy) is 1. The van der Waals surface area contributed by atoms with E-state index in [1.807, 2.05) is 30.9 Å². The van der Waals surface area contributed by atoms with Crippen LogP contribution in [0.15, 0.2) is 45.8 Å². The number of carbonyl (C=O) groups excluding carboxylic acids is 1. The third kappa shape index (κ3) is 4.13. The maximum atomic E-state index is 13.5. The van der Waals surface area contributed by atoms with Crippen molar-refractivity contribution >= 4 is 37.5 Å². The van der Waals surface area contributed by atoms with Crippen LogP contribution in [0.2, 0.25) is 0 Å². The number of benzene rings is 2. The van der Waals surface area contributed by atoms with E-state index in [9.17, 15) is 13.2 Å². The van der Waals surface area contributed by atoms with Crippen molar-refractivity contribution in [3.05, 3.63) is 52.0 Å². The molecule has 2 aromatic rings. The molecule has 0 aliphatic carbocycles. The Labute approximate surface area is 192 Å². The first-order valence-electron chi connectivity index (χ1n) is 10.5. The van der Waals surface area contributed by atoms with Gasteiger partial charge in [0.2, 0.25) is 15.9 Å². The number of methoxy groups -OCH3 is 1. The van der Waals surface area contributed by atoms with Crippen molar-refractivity contribution in [3.63, 3.8) is 0 Å². The zero-order chi connectivity index (χ0) is 22.3. The van der Waals surface area contributed by atoms with Crippen LogP contribution in [-0.2, 0) is 21.2 Å². The molecule has 4 rings (SSSR count). The number of piperidine rings is 1. The molecular weight excluding hydrogens is 480 g/mol. The van der Waals surface area contributed by atoms with E-state index in [1.54, 1.807) is 25.3 Å². The summed E-state index contributed by atoms with van der Waals surface area (Å²) in [7, 11) is -2.12. The predicted molar refractivity (Wildman–Crippen MR) is 124 cm³/mol. The van der Waals surface area contributed by atoms with E-state index in [4.69, 9.17) is 4.74 Å². The van der Waals surface area contributed by atoms with E-state index in [0.29, 0.717) is 25.1 Å². The van der Waals surface area contributed by atoms with Gasteiger partial charge in [-0.15, -0.1) is 0 Å². The molecule has 31 heavy (non-hydrogen) atoms. The van der Waals surface area contributed by atoms with Gasteiger partial charge in [0.25, 0.3) is 0 Å². The molecule has 2 atom stereocenters. The van der Waals surface area contributed by atoms with Crippen LogP contribution in [0.25, 0.3) is 0 Å². The lowest BCUT2D eigenvalue weighted by molar-refractivity contribution is -0.123. The van der Waals surface area contributed by atoms with Crippen molar-refractivity contribution in [3.8, 4) is 5.75 Å². The number of rotatable bonds is 4. The van der Waals surface area contributed by atoms with Crippen molar-refractivity contribution in [2.24, 2.45) is 5.92 Å². The number of aryl methyl sites for hydroxylation is 1. The maximum absolute atomic E-state index is 13.5. The third-order valence-electron chi connectivity index (χ3n) is 6.23. The van der Waals surface area contributed by atoms with Gasteiger partial charge in [-0.05, 0) is 80.6 Å². The van der Waals surface area contributed by atoms with Gasteiger partial charge in [0.15, 0.2) is 0 Å². The molecule has 0 unspecified atom stereocenters. The summed E-state index contributed by atoms with van der Waals surface area (Å²) < 4.78 is 34.3. The Morgan fingerprint density at radius 1 is 1.19 bits per heavy atom. The number of carbonyl (C=O) groups is 1. The van der Waals surface area contributed by atoms with E-state index in [1.165, 1.54) is 4.31 Å². The molecule has 8 heteroatoms. The van der Waals surface area contributed by atoms with Crippen LogP contribution in [0.1, 0.15) is 30.9 Å². The fourth-order valence-corrected chi connectivity index (χ4v) is 6.67. The van der Waals surface area contributed by atoms with Crippen molar-refractivity contribution in [1.82, 2.24) is 4.31 Å². The molecule has 1 saturated heterocycles. The van der Waals surface area contributed by atoms with Crippen LogP contribution >= 0.6 is 15.9 Å². The van der Waals surface area contributed by atoms with Gasteiger partial charge in [0.1, 0.15) is 5.75 Å². The molecule has 6 nitrogen and oxygen atoms in total. The second-order valence-electron chi connectivity index (χ2n) is 8.37. The van der Waals surface area contributed by atoms with Crippen molar-refractivity contribution in [2.45, 2.75) is 44.0 Å². The normalized spacial score (nSPS) is 21.7. The minimum Gasteiger partial charge on any atom is -0.496 e. The summed E-state index contributed by atoms with van der Waals surface area (Å²) in [6, 6.07) is 10.9. The molecule has 2 aliphatic rings. The Morgan fingerprint density at radius 3 is 2.68 bits per heavy atom. The molecule has 0 aromatic heterocycles. The molecule has 166 valence electrons. The third-order valence-corrected chi connectivity index (χ3v) is 8.59. The van der Waals surface area contributed by atoms with E-state index in [0.717, 1.165) is 27.7 Å². The summed E-state index contributed by atoms with van der Waals surface area (Å²) in [6.07, 6.45) is 2.17. The summed E-state index contributed by atoms with van der Waals surface area (Å²) in [5.74, 6) is 0.318. The largest absolute Gasteiger partial charge is 0.496 e. The number of hydrogen-bond acceptors (Lipinski definition) is 4. The smallest absolute Gasteiger partial charge is 0.243 e. The Morgan fingerprint density at radius 2 is 1.97 bits per heavy atom. The zero-order valence-electron chi connectivity index (χ0n) is 18.0. The molecular formula is C23H27BrN2O4S. The van der Waals surface area contributed by atoms with E-state index >= 15 is 0 Å². The van der Waals surface area contributed by atoms with Crippen molar-refractivity contribution in [2.75, 3.05) is 25.1 Å². The number of anilines is 1. The summed E-state index contributed by atoms with van der Waals surface area (Å²) in [6.45, 7) is 4.51. The first-order chi connectivity index (χ1) is 14.7. The van der Waals surface area contributed by atoms with Gasteiger partial charge < -0.3 is 9.64 Å². The topological polar surface area (TPSA) is 66.9 Å². The molecule has 1 amide bonds. The van der Waals surface area contributed by atoms with E-state index < -0.39 is 10.0 Å². The Bertz CT molecular complexity index is 1120. The lowest BCUT2D eigenvalue weighted by atomic mass is 9.97. The van der Waals surface area contributed by atoms with Gasteiger partial charge in [0.05, 0.1) is 17.9 Å². The maximum Gasteiger partial charge on any atom is 0.243 e. The summed E-state index contributed by atoms with van der Waals surface area (Å²) in [5.41, 5.74) is 2.84. The van der Waals surface area contributed by atoms with Crippen LogP contribution in [0.3, 0.4) is 0 Å². The van der Waals surface area contributed by atoms with Gasteiger partial charge >= 0.3 is 0 Å². The average Bonchev–Trinajstić information content (AvgIpc) is 3.07. The molecule has 0 N–H and O–H groups in total. The van der Waals surface area contributed by atoms with Gasteiger partial charge in [-0.3, -0.25) is 4.79 Å². The Balaban J connectivity index is 1.56.